The second-order valence-corrected chi connectivity index (χ2v) is 6.12. The molecule has 0 aliphatic carbocycles. The van der Waals surface area contributed by atoms with Gasteiger partial charge in [-0.05, 0) is 30.9 Å². The lowest BCUT2D eigenvalue weighted by atomic mass is 10.0. The number of fused-ring (bicyclic) bond motifs is 1. The first-order chi connectivity index (χ1) is 10.8. The average Bonchev–Trinajstić information content (AvgIpc) is 2.94. The van der Waals surface area contributed by atoms with E-state index in [1.165, 1.54) is 12.8 Å². The van der Waals surface area contributed by atoms with Crippen molar-refractivity contribution in [2.45, 2.75) is 26.2 Å². The van der Waals surface area contributed by atoms with Gasteiger partial charge in [0.1, 0.15) is 5.65 Å². The summed E-state index contributed by atoms with van der Waals surface area (Å²) in [4.78, 5) is 11.4. The van der Waals surface area contributed by atoms with Gasteiger partial charge < -0.3 is 14.6 Å². The molecule has 1 N–H and O–H groups in total. The first-order valence-electron chi connectivity index (χ1n) is 8.14. The van der Waals surface area contributed by atoms with Crippen LogP contribution in [0.3, 0.4) is 0 Å². The van der Waals surface area contributed by atoms with E-state index in [4.69, 9.17) is 0 Å². The quantitative estimate of drug-likeness (QED) is 0.698. The standard InChI is InChI=1S/C17H25N5/c1-14-6-5-11-22(12-14)17(18-2)19-9-8-15-13-21-10-4-3-7-16(21)20-15/h3-4,7,10,13-14H,5-6,8-9,11-12H2,1-2H3,(H,18,19). The Balaban J connectivity index is 1.54. The van der Waals surface area contributed by atoms with Crippen molar-refractivity contribution in [1.82, 2.24) is 19.6 Å². The number of rotatable bonds is 3. The molecule has 5 heteroatoms. The molecule has 5 nitrogen and oxygen atoms in total. The van der Waals surface area contributed by atoms with Crippen LogP contribution in [-0.2, 0) is 6.42 Å². The molecular formula is C17H25N5. The number of aliphatic imine (C=N–C) groups is 1. The van der Waals surface area contributed by atoms with Gasteiger partial charge in [0.15, 0.2) is 5.96 Å². The van der Waals surface area contributed by atoms with Crippen LogP contribution in [0.5, 0.6) is 0 Å². The van der Waals surface area contributed by atoms with Gasteiger partial charge in [-0.2, -0.15) is 0 Å². The second kappa shape index (κ2) is 6.81. The fourth-order valence-electron chi connectivity index (χ4n) is 3.12. The summed E-state index contributed by atoms with van der Waals surface area (Å²) in [7, 11) is 1.87. The Hall–Kier alpha value is -2.04. The van der Waals surface area contributed by atoms with E-state index in [0.717, 1.165) is 49.3 Å². The summed E-state index contributed by atoms with van der Waals surface area (Å²) in [6.45, 7) is 5.39. The van der Waals surface area contributed by atoms with Gasteiger partial charge in [-0.15, -0.1) is 0 Å². The van der Waals surface area contributed by atoms with Crippen molar-refractivity contribution in [3.63, 3.8) is 0 Å². The molecule has 1 atom stereocenters. The minimum Gasteiger partial charge on any atom is -0.356 e. The van der Waals surface area contributed by atoms with Crippen molar-refractivity contribution >= 4 is 11.6 Å². The number of hydrogen-bond donors (Lipinski definition) is 1. The third kappa shape index (κ3) is 3.40. The van der Waals surface area contributed by atoms with Gasteiger partial charge in [-0.3, -0.25) is 4.99 Å². The molecular weight excluding hydrogens is 274 g/mol. The molecule has 1 aliphatic heterocycles. The molecule has 1 unspecified atom stereocenters. The van der Waals surface area contributed by atoms with Gasteiger partial charge in [0.25, 0.3) is 0 Å². The monoisotopic (exact) mass is 299 g/mol. The maximum Gasteiger partial charge on any atom is 0.193 e. The number of guanidine groups is 1. The summed E-state index contributed by atoms with van der Waals surface area (Å²) in [6, 6.07) is 6.07. The molecule has 0 spiro atoms. The van der Waals surface area contributed by atoms with Gasteiger partial charge in [0.05, 0.1) is 5.69 Å². The van der Waals surface area contributed by atoms with Gasteiger partial charge in [0, 0.05) is 45.5 Å². The third-order valence-corrected chi connectivity index (χ3v) is 4.25. The highest BCUT2D eigenvalue weighted by atomic mass is 15.3. The fraction of sp³-hybridized carbons (Fsp3) is 0.529. The molecule has 0 bridgehead atoms. The van der Waals surface area contributed by atoms with E-state index in [9.17, 15) is 0 Å². The highest BCUT2D eigenvalue weighted by molar-refractivity contribution is 5.79. The van der Waals surface area contributed by atoms with Gasteiger partial charge in [0.2, 0.25) is 0 Å². The molecule has 0 saturated carbocycles. The smallest absolute Gasteiger partial charge is 0.193 e. The van der Waals surface area contributed by atoms with Gasteiger partial charge >= 0.3 is 0 Å². The molecule has 118 valence electrons. The summed E-state index contributed by atoms with van der Waals surface area (Å²) in [5, 5.41) is 3.48. The van der Waals surface area contributed by atoms with Crippen molar-refractivity contribution in [3.8, 4) is 0 Å². The van der Waals surface area contributed by atoms with Crippen LogP contribution in [0.4, 0.5) is 0 Å². The van der Waals surface area contributed by atoms with Crippen LogP contribution >= 0.6 is 0 Å². The number of aromatic nitrogens is 2. The maximum atomic E-state index is 4.63. The molecule has 1 aliphatic rings. The lowest BCUT2D eigenvalue weighted by Crippen LogP contribution is -2.46. The number of nitrogens with zero attached hydrogens (tertiary/aromatic N) is 4. The van der Waals surface area contributed by atoms with Crippen LogP contribution in [-0.4, -0.2) is 46.9 Å². The Morgan fingerprint density at radius 3 is 3.14 bits per heavy atom. The van der Waals surface area contributed by atoms with E-state index < -0.39 is 0 Å². The van der Waals surface area contributed by atoms with Crippen LogP contribution < -0.4 is 5.32 Å². The maximum absolute atomic E-state index is 4.63. The first kappa shape index (κ1) is 14.9. The van der Waals surface area contributed by atoms with Crippen molar-refractivity contribution in [3.05, 3.63) is 36.3 Å². The fourth-order valence-corrected chi connectivity index (χ4v) is 3.12. The Morgan fingerprint density at radius 1 is 1.45 bits per heavy atom. The van der Waals surface area contributed by atoms with Gasteiger partial charge in [-0.1, -0.05) is 13.0 Å². The van der Waals surface area contributed by atoms with E-state index >= 15 is 0 Å². The number of piperidine rings is 1. The SMILES string of the molecule is CN=C(NCCc1cn2ccccc2n1)N1CCCC(C)C1. The largest absolute Gasteiger partial charge is 0.356 e. The Labute approximate surface area is 132 Å². The average molecular weight is 299 g/mol. The molecule has 1 fully saturated rings. The normalized spacial score (nSPS) is 19.6. The number of nitrogens with one attached hydrogen (secondary N) is 1. The third-order valence-electron chi connectivity index (χ3n) is 4.25. The van der Waals surface area contributed by atoms with Crippen molar-refractivity contribution in [2.75, 3.05) is 26.7 Å². The van der Waals surface area contributed by atoms with E-state index in [2.05, 4.69) is 37.7 Å². The van der Waals surface area contributed by atoms with Crippen LogP contribution in [0, 0.1) is 5.92 Å². The minimum absolute atomic E-state index is 0.755. The zero-order chi connectivity index (χ0) is 15.4. The molecule has 3 heterocycles. The molecule has 2 aromatic heterocycles. The first-order valence-corrected chi connectivity index (χ1v) is 8.14. The number of imidazole rings is 1. The Bertz CT molecular complexity index is 612. The molecule has 22 heavy (non-hydrogen) atoms. The lowest BCUT2D eigenvalue weighted by molar-refractivity contribution is 0.266. The second-order valence-electron chi connectivity index (χ2n) is 6.12. The van der Waals surface area contributed by atoms with Crippen LogP contribution in [0.2, 0.25) is 0 Å². The van der Waals surface area contributed by atoms with Crippen LogP contribution in [0.15, 0.2) is 35.6 Å². The lowest BCUT2D eigenvalue weighted by Gasteiger charge is -2.33. The molecule has 1 saturated heterocycles. The number of pyridine rings is 1. The highest BCUT2D eigenvalue weighted by Crippen LogP contribution is 2.15. The minimum atomic E-state index is 0.755. The van der Waals surface area contributed by atoms with E-state index in [1.807, 2.05) is 31.4 Å². The predicted octanol–water partition coefficient (Wildman–Crippen LogP) is 2.18. The summed E-state index contributed by atoms with van der Waals surface area (Å²) < 4.78 is 2.07. The molecule has 2 aromatic rings. The zero-order valence-corrected chi connectivity index (χ0v) is 13.5. The molecule has 3 rings (SSSR count). The number of likely N-dealkylation sites (tertiary alicyclic amines) is 1. The summed E-state index contributed by atoms with van der Waals surface area (Å²) in [6.07, 6.45) is 7.63. The van der Waals surface area contributed by atoms with E-state index in [-0.39, 0.29) is 0 Å². The summed E-state index contributed by atoms with van der Waals surface area (Å²) in [5.74, 6) is 1.78. The predicted molar refractivity (Wildman–Crippen MR) is 90.2 cm³/mol. The summed E-state index contributed by atoms with van der Waals surface area (Å²) in [5.41, 5.74) is 2.12. The highest BCUT2D eigenvalue weighted by Gasteiger charge is 2.18. The van der Waals surface area contributed by atoms with Crippen molar-refractivity contribution < 1.29 is 0 Å². The van der Waals surface area contributed by atoms with Gasteiger partial charge in [-0.25, -0.2) is 4.98 Å². The Morgan fingerprint density at radius 2 is 2.36 bits per heavy atom. The Kier molecular flexibility index (Phi) is 4.61. The molecule has 0 radical (unpaired) electrons. The van der Waals surface area contributed by atoms with Crippen LogP contribution in [0.1, 0.15) is 25.5 Å². The summed E-state index contributed by atoms with van der Waals surface area (Å²) >= 11 is 0. The van der Waals surface area contributed by atoms with E-state index in [1.54, 1.807) is 0 Å². The molecule has 0 amide bonds. The van der Waals surface area contributed by atoms with E-state index in [0.29, 0.717) is 0 Å². The molecule has 0 aromatic carbocycles. The number of hydrogen-bond acceptors (Lipinski definition) is 2. The zero-order valence-electron chi connectivity index (χ0n) is 13.5. The van der Waals surface area contributed by atoms with Crippen molar-refractivity contribution in [1.29, 1.82) is 0 Å². The van der Waals surface area contributed by atoms with Crippen LogP contribution in [0.25, 0.3) is 5.65 Å². The van der Waals surface area contributed by atoms with Crippen molar-refractivity contribution in [2.24, 2.45) is 10.9 Å². The topological polar surface area (TPSA) is 44.9 Å².